The molecule has 0 heterocycles. The van der Waals surface area contributed by atoms with Gasteiger partial charge in [0, 0.05) is 17.1 Å². The van der Waals surface area contributed by atoms with Crippen molar-refractivity contribution in [3.63, 3.8) is 0 Å². The summed E-state index contributed by atoms with van der Waals surface area (Å²) in [5.41, 5.74) is 1.03. The molecule has 0 atom stereocenters. The summed E-state index contributed by atoms with van der Waals surface area (Å²) < 4.78 is 5.87. The fraction of sp³-hybridized carbons (Fsp3) is 0.625. The Balaban J connectivity index is 2.65. The van der Waals surface area contributed by atoms with Crippen LogP contribution in [0.15, 0.2) is 12.1 Å². The Kier molecular flexibility index (Phi) is 8.35. The van der Waals surface area contributed by atoms with Crippen LogP contribution >= 0.6 is 23.2 Å². The number of benzene rings is 1. The third-order valence-electron chi connectivity index (χ3n) is 3.00. The largest absolute Gasteiger partial charge is 0.492 e. The summed E-state index contributed by atoms with van der Waals surface area (Å²) in [6, 6.07) is 3.66. The molecule has 0 spiro atoms. The standard InChI is InChI=1S/C16H25Cl2NO/c1-4-7-19-11-13-9-14(17)10-15(18)16(13)20-8-5-6-12(2)3/h9-10,12,19H,4-8,11H2,1-3H3. The molecule has 1 rings (SSSR count). The van der Waals surface area contributed by atoms with E-state index < -0.39 is 0 Å². The highest BCUT2D eigenvalue weighted by atomic mass is 35.5. The molecule has 0 aliphatic rings. The van der Waals surface area contributed by atoms with Crippen LogP contribution < -0.4 is 10.1 Å². The van der Waals surface area contributed by atoms with Crippen LogP contribution in [0.25, 0.3) is 0 Å². The van der Waals surface area contributed by atoms with Crippen molar-refractivity contribution in [1.82, 2.24) is 5.32 Å². The average molecular weight is 318 g/mol. The Morgan fingerprint density at radius 3 is 2.65 bits per heavy atom. The van der Waals surface area contributed by atoms with Crippen molar-refractivity contribution < 1.29 is 4.74 Å². The molecule has 114 valence electrons. The lowest BCUT2D eigenvalue weighted by molar-refractivity contribution is 0.294. The predicted octanol–water partition coefficient (Wildman–Crippen LogP) is 5.31. The highest BCUT2D eigenvalue weighted by Crippen LogP contribution is 2.32. The Hall–Kier alpha value is -0.440. The molecule has 1 aromatic rings. The topological polar surface area (TPSA) is 21.3 Å². The first-order valence-electron chi connectivity index (χ1n) is 7.36. The number of nitrogens with one attached hydrogen (secondary N) is 1. The van der Waals surface area contributed by atoms with Gasteiger partial charge in [-0.25, -0.2) is 0 Å². The molecule has 0 bridgehead atoms. The number of hydrogen-bond acceptors (Lipinski definition) is 2. The van der Waals surface area contributed by atoms with E-state index >= 15 is 0 Å². The molecule has 4 heteroatoms. The minimum absolute atomic E-state index is 0.593. The zero-order valence-electron chi connectivity index (χ0n) is 12.6. The van der Waals surface area contributed by atoms with Gasteiger partial charge >= 0.3 is 0 Å². The lowest BCUT2D eigenvalue weighted by Gasteiger charge is -2.15. The van der Waals surface area contributed by atoms with E-state index in [0.717, 1.165) is 43.7 Å². The third kappa shape index (κ3) is 6.34. The van der Waals surface area contributed by atoms with Gasteiger partial charge in [-0.3, -0.25) is 0 Å². The van der Waals surface area contributed by atoms with Crippen molar-refractivity contribution in [1.29, 1.82) is 0 Å². The normalized spacial score (nSPS) is 11.1. The van der Waals surface area contributed by atoms with Gasteiger partial charge in [0.25, 0.3) is 0 Å². The van der Waals surface area contributed by atoms with E-state index in [2.05, 4.69) is 26.1 Å². The number of halogens is 2. The molecule has 1 aromatic carbocycles. The van der Waals surface area contributed by atoms with Crippen molar-refractivity contribution in [3.05, 3.63) is 27.7 Å². The smallest absolute Gasteiger partial charge is 0.142 e. The monoisotopic (exact) mass is 317 g/mol. The van der Waals surface area contributed by atoms with Crippen LogP contribution in [0.4, 0.5) is 0 Å². The highest BCUT2D eigenvalue weighted by molar-refractivity contribution is 6.35. The van der Waals surface area contributed by atoms with E-state index in [9.17, 15) is 0 Å². The molecule has 0 amide bonds. The van der Waals surface area contributed by atoms with E-state index in [0.29, 0.717) is 22.6 Å². The summed E-state index contributed by atoms with van der Waals surface area (Å²) >= 11 is 12.3. The van der Waals surface area contributed by atoms with Gasteiger partial charge in [0.05, 0.1) is 11.6 Å². The lowest BCUT2D eigenvalue weighted by Crippen LogP contribution is -2.15. The summed E-state index contributed by atoms with van der Waals surface area (Å²) in [7, 11) is 0. The van der Waals surface area contributed by atoms with Gasteiger partial charge in [0.2, 0.25) is 0 Å². The van der Waals surface area contributed by atoms with E-state index in [1.165, 1.54) is 0 Å². The number of hydrogen-bond donors (Lipinski definition) is 1. The lowest BCUT2D eigenvalue weighted by atomic mass is 10.1. The van der Waals surface area contributed by atoms with Gasteiger partial charge in [0.1, 0.15) is 5.75 Å². The molecule has 0 radical (unpaired) electrons. The van der Waals surface area contributed by atoms with Crippen molar-refractivity contribution in [2.75, 3.05) is 13.2 Å². The van der Waals surface area contributed by atoms with Gasteiger partial charge < -0.3 is 10.1 Å². The van der Waals surface area contributed by atoms with E-state index in [-0.39, 0.29) is 0 Å². The van der Waals surface area contributed by atoms with Gasteiger partial charge in [-0.2, -0.15) is 0 Å². The van der Waals surface area contributed by atoms with Crippen LogP contribution in [-0.2, 0) is 6.54 Å². The van der Waals surface area contributed by atoms with Crippen LogP contribution in [0.1, 0.15) is 45.6 Å². The zero-order valence-corrected chi connectivity index (χ0v) is 14.2. The number of rotatable bonds is 9. The molecule has 0 saturated heterocycles. The Bertz CT molecular complexity index is 408. The minimum atomic E-state index is 0.593. The Morgan fingerprint density at radius 1 is 1.25 bits per heavy atom. The van der Waals surface area contributed by atoms with E-state index in [1.807, 2.05) is 6.07 Å². The summed E-state index contributed by atoms with van der Waals surface area (Å²) in [5, 5.41) is 4.60. The molecule has 1 N–H and O–H groups in total. The second-order valence-electron chi connectivity index (χ2n) is 5.44. The summed E-state index contributed by atoms with van der Waals surface area (Å²) in [6.45, 7) is 8.97. The van der Waals surface area contributed by atoms with Crippen LogP contribution in [0.5, 0.6) is 5.75 Å². The van der Waals surface area contributed by atoms with E-state index in [4.69, 9.17) is 27.9 Å². The fourth-order valence-electron chi connectivity index (χ4n) is 1.97. The quantitative estimate of drug-likeness (QED) is 0.623. The first kappa shape index (κ1) is 17.6. The molecule has 0 aliphatic heterocycles. The van der Waals surface area contributed by atoms with E-state index in [1.54, 1.807) is 6.07 Å². The maximum Gasteiger partial charge on any atom is 0.142 e. The molecule has 20 heavy (non-hydrogen) atoms. The molecular weight excluding hydrogens is 293 g/mol. The SMILES string of the molecule is CCCNCc1cc(Cl)cc(Cl)c1OCCCC(C)C. The van der Waals surface area contributed by atoms with Gasteiger partial charge in [-0.15, -0.1) is 0 Å². The highest BCUT2D eigenvalue weighted by Gasteiger charge is 2.10. The predicted molar refractivity (Wildman–Crippen MR) is 88.0 cm³/mol. The summed E-state index contributed by atoms with van der Waals surface area (Å²) in [4.78, 5) is 0. The van der Waals surface area contributed by atoms with Gasteiger partial charge in [0.15, 0.2) is 0 Å². The summed E-state index contributed by atoms with van der Waals surface area (Å²) in [6.07, 6.45) is 3.30. The molecule has 0 aliphatic carbocycles. The first-order chi connectivity index (χ1) is 9.54. The second kappa shape index (κ2) is 9.49. The average Bonchev–Trinajstić information content (AvgIpc) is 2.36. The van der Waals surface area contributed by atoms with Crippen molar-refractivity contribution in [3.8, 4) is 5.75 Å². The second-order valence-corrected chi connectivity index (χ2v) is 6.28. The Labute approximate surface area is 132 Å². The molecule has 0 unspecified atom stereocenters. The molecule has 0 fully saturated rings. The zero-order chi connectivity index (χ0) is 15.0. The molecule has 0 aromatic heterocycles. The van der Waals surface area contributed by atoms with Crippen molar-refractivity contribution in [2.45, 2.75) is 46.6 Å². The van der Waals surface area contributed by atoms with Crippen LogP contribution in [0.2, 0.25) is 10.0 Å². The molecule has 0 saturated carbocycles. The van der Waals surface area contributed by atoms with Crippen molar-refractivity contribution >= 4 is 23.2 Å². The first-order valence-corrected chi connectivity index (χ1v) is 8.11. The molecular formula is C16H25Cl2NO. The number of ether oxygens (including phenoxy) is 1. The summed E-state index contributed by atoms with van der Waals surface area (Å²) in [5.74, 6) is 1.47. The van der Waals surface area contributed by atoms with Crippen LogP contribution in [0.3, 0.4) is 0 Å². The van der Waals surface area contributed by atoms with Gasteiger partial charge in [-0.05, 0) is 43.9 Å². The maximum atomic E-state index is 6.25. The molecule has 2 nitrogen and oxygen atoms in total. The minimum Gasteiger partial charge on any atom is -0.492 e. The van der Waals surface area contributed by atoms with Crippen molar-refractivity contribution in [2.24, 2.45) is 5.92 Å². The van der Waals surface area contributed by atoms with Gasteiger partial charge in [-0.1, -0.05) is 44.0 Å². The van der Waals surface area contributed by atoms with Crippen LogP contribution in [0, 0.1) is 5.92 Å². The Morgan fingerprint density at radius 2 is 2.00 bits per heavy atom. The fourth-order valence-corrected chi connectivity index (χ4v) is 2.56. The van der Waals surface area contributed by atoms with Crippen LogP contribution in [-0.4, -0.2) is 13.2 Å². The maximum absolute atomic E-state index is 6.25. The third-order valence-corrected chi connectivity index (χ3v) is 3.50.